The van der Waals surface area contributed by atoms with E-state index in [1.165, 1.54) is 6.08 Å². The molecule has 0 aliphatic heterocycles. The van der Waals surface area contributed by atoms with Gasteiger partial charge in [-0.15, -0.1) is 0 Å². The summed E-state index contributed by atoms with van der Waals surface area (Å²) in [5, 5.41) is 2.86. The fourth-order valence-electron chi connectivity index (χ4n) is 2.08. The lowest BCUT2D eigenvalue weighted by molar-refractivity contribution is -0.116. The lowest BCUT2D eigenvalue weighted by atomic mass is 10.1. The summed E-state index contributed by atoms with van der Waals surface area (Å²) in [5.41, 5.74) is 2.13. The van der Waals surface area contributed by atoms with Crippen LogP contribution >= 0.6 is 0 Å². The molecule has 0 unspecified atom stereocenters. The van der Waals surface area contributed by atoms with Crippen LogP contribution in [0.2, 0.25) is 0 Å². The second-order valence-corrected chi connectivity index (χ2v) is 4.95. The van der Waals surface area contributed by atoms with Crippen LogP contribution in [0.3, 0.4) is 0 Å². The fourth-order valence-corrected chi connectivity index (χ4v) is 2.08. The topological polar surface area (TPSA) is 47.6 Å². The van der Waals surface area contributed by atoms with Crippen molar-refractivity contribution >= 4 is 5.91 Å². The first kappa shape index (κ1) is 16.8. The van der Waals surface area contributed by atoms with E-state index in [-0.39, 0.29) is 5.91 Å². The van der Waals surface area contributed by atoms with Crippen molar-refractivity contribution in [2.45, 2.75) is 13.2 Å². The third kappa shape index (κ3) is 5.96. The maximum Gasteiger partial charge on any atom is 0.244 e. The maximum atomic E-state index is 11.8. The molecule has 0 aliphatic rings. The van der Waals surface area contributed by atoms with Crippen molar-refractivity contribution in [3.63, 3.8) is 0 Å². The third-order valence-electron chi connectivity index (χ3n) is 3.23. The third-order valence-corrected chi connectivity index (χ3v) is 3.23. The molecule has 0 aromatic heterocycles. The largest absolute Gasteiger partial charge is 0.490 e. The summed E-state index contributed by atoms with van der Waals surface area (Å²) in [4.78, 5) is 11.8. The number of benzene rings is 2. The minimum atomic E-state index is -0.145. The van der Waals surface area contributed by atoms with E-state index >= 15 is 0 Å². The van der Waals surface area contributed by atoms with Crippen LogP contribution in [0.15, 0.2) is 66.7 Å². The zero-order valence-electron chi connectivity index (χ0n) is 13.2. The van der Waals surface area contributed by atoms with Crippen LogP contribution in [-0.2, 0) is 22.7 Å². The van der Waals surface area contributed by atoms with E-state index in [9.17, 15) is 4.79 Å². The molecule has 2 aromatic carbocycles. The fraction of sp³-hybridized carbons (Fsp3) is 0.211. The quantitative estimate of drug-likeness (QED) is 0.762. The van der Waals surface area contributed by atoms with Crippen LogP contribution in [0, 0.1) is 0 Å². The Kier molecular flexibility index (Phi) is 6.88. The molecular weight excluding hydrogens is 290 g/mol. The molecule has 120 valence electrons. The minimum absolute atomic E-state index is 0.145. The molecule has 0 heterocycles. The Morgan fingerprint density at radius 2 is 1.74 bits per heavy atom. The zero-order chi connectivity index (χ0) is 16.3. The molecule has 2 rings (SSSR count). The molecule has 0 bridgehead atoms. The molecule has 2 aromatic rings. The summed E-state index contributed by atoms with van der Waals surface area (Å²) in [6, 6.07) is 17.4. The molecule has 0 atom stereocenters. The van der Waals surface area contributed by atoms with Crippen molar-refractivity contribution in [1.82, 2.24) is 5.32 Å². The molecular formula is C19H21NO3. The zero-order valence-corrected chi connectivity index (χ0v) is 13.2. The van der Waals surface area contributed by atoms with E-state index in [4.69, 9.17) is 9.47 Å². The number of hydrogen-bond donors (Lipinski definition) is 1. The van der Waals surface area contributed by atoms with Crippen molar-refractivity contribution < 1.29 is 14.3 Å². The number of nitrogens with one attached hydrogen (secondary N) is 1. The standard InChI is InChI=1S/C19H21NO3/c1-22-15-17-9-6-5-8-16(17)14-20-19(21)12-7-13-23-18-10-3-2-4-11-18/h2-12H,13-15H2,1H3,(H,20,21)/b12-7+. The average molecular weight is 311 g/mol. The molecule has 1 N–H and O–H groups in total. The minimum Gasteiger partial charge on any atom is -0.490 e. The van der Waals surface area contributed by atoms with Gasteiger partial charge in [0.15, 0.2) is 0 Å². The van der Waals surface area contributed by atoms with E-state index in [2.05, 4.69) is 5.32 Å². The van der Waals surface area contributed by atoms with E-state index < -0.39 is 0 Å². The van der Waals surface area contributed by atoms with Crippen molar-refractivity contribution in [2.75, 3.05) is 13.7 Å². The second-order valence-electron chi connectivity index (χ2n) is 4.95. The van der Waals surface area contributed by atoms with Crippen molar-refractivity contribution in [2.24, 2.45) is 0 Å². The second kappa shape index (κ2) is 9.43. The number of rotatable bonds is 8. The molecule has 0 radical (unpaired) electrons. The number of carbonyl (C=O) groups excluding carboxylic acids is 1. The molecule has 4 heteroatoms. The number of amides is 1. The first-order chi connectivity index (χ1) is 11.3. The highest BCUT2D eigenvalue weighted by molar-refractivity contribution is 5.87. The molecule has 0 aliphatic carbocycles. The lowest BCUT2D eigenvalue weighted by Gasteiger charge is -2.09. The Morgan fingerprint density at radius 1 is 1.04 bits per heavy atom. The van der Waals surface area contributed by atoms with Gasteiger partial charge in [0.1, 0.15) is 12.4 Å². The van der Waals surface area contributed by atoms with Crippen LogP contribution in [0.1, 0.15) is 11.1 Å². The Balaban J connectivity index is 1.75. The van der Waals surface area contributed by atoms with E-state index in [1.54, 1.807) is 13.2 Å². The number of carbonyl (C=O) groups is 1. The highest BCUT2D eigenvalue weighted by Crippen LogP contribution is 2.10. The van der Waals surface area contributed by atoms with Gasteiger partial charge >= 0.3 is 0 Å². The Bertz CT molecular complexity index is 638. The molecule has 0 saturated heterocycles. The molecule has 0 fully saturated rings. The van der Waals surface area contributed by atoms with Gasteiger partial charge in [-0.05, 0) is 29.3 Å². The summed E-state index contributed by atoms with van der Waals surface area (Å²) < 4.78 is 10.6. The number of ether oxygens (including phenoxy) is 2. The number of para-hydroxylation sites is 1. The van der Waals surface area contributed by atoms with Gasteiger partial charge in [-0.3, -0.25) is 4.79 Å². The van der Waals surface area contributed by atoms with E-state index in [1.807, 2.05) is 54.6 Å². The van der Waals surface area contributed by atoms with Crippen molar-refractivity contribution in [1.29, 1.82) is 0 Å². The smallest absolute Gasteiger partial charge is 0.244 e. The highest BCUT2D eigenvalue weighted by Gasteiger charge is 2.02. The number of methoxy groups -OCH3 is 1. The Hall–Kier alpha value is -2.59. The van der Waals surface area contributed by atoms with Crippen molar-refractivity contribution in [3.8, 4) is 5.75 Å². The van der Waals surface area contributed by atoms with Gasteiger partial charge in [-0.25, -0.2) is 0 Å². The van der Waals surface area contributed by atoms with Gasteiger partial charge < -0.3 is 14.8 Å². The van der Waals surface area contributed by atoms with Crippen LogP contribution in [0.25, 0.3) is 0 Å². The first-order valence-corrected chi connectivity index (χ1v) is 7.47. The van der Waals surface area contributed by atoms with Gasteiger partial charge in [-0.1, -0.05) is 42.5 Å². The Labute approximate surface area is 136 Å². The first-order valence-electron chi connectivity index (χ1n) is 7.47. The summed E-state index contributed by atoms with van der Waals surface area (Å²) in [6.45, 7) is 1.37. The van der Waals surface area contributed by atoms with Gasteiger partial charge in [0, 0.05) is 19.7 Å². The predicted molar refractivity (Wildman–Crippen MR) is 90.1 cm³/mol. The van der Waals surface area contributed by atoms with Gasteiger partial charge in [-0.2, -0.15) is 0 Å². The highest BCUT2D eigenvalue weighted by atomic mass is 16.5. The summed E-state index contributed by atoms with van der Waals surface area (Å²) >= 11 is 0. The summed E-state index contributed by atoms with van der Waals surface area (Å²) in [6.07, 6.45) is 3.19. The number of hydrogen-bond acceptors (Lipinski definition) is 3. The monoisotopic (exact) mass is 311 g/mol. The molecule has 0 saturated carbocycles. The molecule has 23 heavy (non-hydrogen) atoms. The van der Waals surface area contributed by atoms with Gasteiger partial charge in [0.2, 0.25) is 5.91 Å². The van der Waals surface area contributed by atoms with Crippen LogP contribution in [-0.4, -0.2) is 19.6 Å². The molecule has 1 amide bonds. The Morgan fingerprint density at radius 3 is 2.48 bits per heavy atom. The van der Waals surface area contributed by atoms with Crippen LogP contribution in [0.4, 0.5) is 0 Å². The van der Waals surface area contributed by atoms with E-state index in [0.29, 0.717) is 19.8 Å². The van der Waals surface area contributed by atoms with Crippen LogP contribution in [0.5, 0.6) is 5.75 Å². The molecule has 0 spiro atoms. The predicted octanol–water partition coefficient (Wildman–Crippen LogP) is 3.08. The maximum absolute atomic E-state index is 11.8. The lowest BCUT2D eigenvalue weighted by Crippen LogP contribution is -2.21. The normalized spacial score (nSPS) is 10.7. The van der Waals surface area contributed by atoms with Gasteiger partial charge in [0.05, 0.1) is 6.61 Å². The SMILES string of the molecule is COCc1ccccc1CNC(=O)/C=C/COc1ccccc1. The molecule has 4 nitrogen and oxygen atoms in total. The van der Waals surface area contributed by atoms with Crippen LogP contribution < -0.4 is 10.1 Å². The average Bonchev–Trinajstić information content (AvgIpc) is 2.59. The summed E-state index contributed by atoms with van der Waals surface area (Å²) in [5.74, 6) is 0.639. The van der Waals surface area contributed by atoms with Gasteiger partial charge in [0.25, 0.3) is 0 Å². The van der Waals surface area contributed by atoms with Crippen molar-refractivity contribution in [3.05, 3.63) is 77.9 Å². The van der Waals surface area contributed by atoms with E-state index in [0.717, 1.165) is 16.9 Å². The summed E-state index contributed by atoms with van der Waals surface area (Å²) in [7, 11) is 1.66.